The molecule has 23 heavy (non-hydrogen) atoms. The molecule has 0 aliphatic rings. The van der Waals surface area contributed by atoms with E-state index in [1.807, 2.05) is 0 Å². The van der Waals surface area contributed by atoms with Gasteiger partial charge in [0.2, 0.25) is 15.9 Å². The van der Waals surface area contributed by atoms with Gasteiger partial charge in [0.05, 0.1) is 0 Å². The highest BCUT2D eigenvalue weighted by Crippen LogP contribution is 2.19. The molecule has 1 unspecified atom stereocenters. The summed E-state index contributed by atoms with van der Waals surface area (Å²) in [6.45, 7) is 4.97. The predicted octanol–water partition coefficient (Wildman–Crippen LogP) is -1.35. The van der Waals surface area contributed by atoms with Crippen molar-refractivity contribution in [3.63, 3.8) is 0 Å². The number of aromatic nitrogens is 2. The van der Waals surface area contributed by atoms with E-state index < -0.39 is 37.6 Å². The van der Waals surface area contributed by atoms with Gasteiger partial charge in [-0.15, -0.1) is 0 Å². The maximum atomic E-state index is 12.5. The van der Waals surface area contributed by atoms with Gasteiger partial charge in [-0.25, -0.2) is 13.2 Å². The summed E-state index contributed by atoms with van der Waals surface area (Å²) in [6.07, 6.45) is 1.08. The van der Waals surface area contributed by atoms with Crippen LogP contribution in [0.3, 0.4) is 0 Å². The molecule has 9 nitrogen and oxygen atoms in total. The average Bonchev–Trinajstić information content (AvgIpc) is 2.38. The first-order valence-electron chi connectivity index (χ1n) is 6.92. The molecule has 1 aromatic heterocycles. The first-order chi connectivity index (χ1) is 10.3. The Morgan fingerprint density at radius 1 is 1.35 bits per heavy atom. The van der Waals surface area contributed by atoms with Crippen LogP contribution in [0.2, 0.25) is 0 Å². The van der Waals surface area contributed by atoms with Crippen LogP contribution in [0.25, 0.3) is 0 Å². The molecule has 0 aromatic carbocycles. The third-order valence-electron chi connectivity index (χ3n) is 3.42. The number of hydrogen-bond acceptors (Lipinski definition) is 5. The Morgan fingerprint density at radius 3 is 2.30 bits per heavy atom. The van der Waals surface area contributed by atoms with Crippen molar-refractivity contribution in [2.45, 2.75) is 37.6 Å². The number of carbonyl (C=O) groups excluding carboxylic acids is 1. The van der Waals surface area contributed by atoms with Crippen LogP contribution in [-0.2, 0) is 28.9 Å². The van der Waals surface area contributed by atoms with Crippen molar-refractivity contribution in [2.24, 2.45) is 25.7 Å². The summed E-state index contributed by atoms with van der Waals surface area (Å²) in [6, 6.07) is 0. The second kappa shape index (κ2) is 6.28. The maximum Gasteiger partial charge on any atom is 0.330 e. The second-order valence-corrected chi connectivity index (χ2v) is 7.80. The molecule has 0 fully saturated rings. The van der Waals surface area contributed by atoms with Crippen molar-refractivity contribution in [2.75, 3.05) is 0 Å². The average molecular weight is 346 g/mol. The van der Waals surface area contributed by atoms with E-state index in [0.29, 0.717) is 4.57 Å². The molecule has 1 heterocycles. The number of sulfonamides is 1. The van der Waals surface area contributed by atoms with Crippen LogP contribution in [0.15, 0.2) is 20.7 Å². The maximum absolute atomic E-state index is 12.5. The first-order valence-corrected chi connectivity index (χ1v) is 8.40. The van der Waals surface area contributed by atoms with E-state index in [1.54, 1.807) is 13.8 Å². The number of primary amides is 1. The molecular weight excluding hydrogens is 324 g/mol. The highest BCUT2D eigenvalue weighted by atomic mass is 32.2. The van der Waals surface area contributed by atoms with Gasteiger partial charge in [0.25, 0.3) is 5.56 Å². The summed E-state index contributed by atoms with van der Waals surface area (Å²) in [5.41, 5.74) is 2.14. The third-order valence-corrected chi connectivity index (χ3v) is 5.00. The van der Waals surface area contributed by atoms with Crippen molar-refractivity contribution >= 4 is 15.9 Å². The minimum atomic E-state index is -4.34. The van der Waals surface area contributed by atoms with Gasteiger partial charge in [0, 0.05) is 20.3 Å². The van der Waals surface area contributed by atoms with Crippen LogP contribution < -0.4 is 21.7 Å². The van der Waals surface area contributed by atoms with Crippen molar-refractivity contribution in [1.82, 2.24) is 13.9 Å². The van der Waals surface area contributed by atoms with Crippen molar-refractivity contribution < 1.29 is 13.2 Å². The summed E-state index contributed by atoms with van der Waals surface area (Å²) < 4.78 is 28.9. The number of amides is 1. The third kappa shape index (κ3) is 3.88. The van der Waals surface area contributed by atoms with Gasteiger partial charge in [-0.3, -0.25) is 14.2 Å². The molecule has 1 aromatic rings. The quantitative estimate of drug-likeness (QED) is 0.657. The highest BCUT2D eigenvalue weighted by Gasteiger charge is 2.38. The Morgan fingerprint density at radius 2 is 1.87 bits per heavy atom. The van der Waals surface area contributed by atoms with Crippen molar-refractivity contribution in [1.29, 1.82) is 0 Å². The zero-order valence-electron chi connectivity index (χ0n) is 13.8. The molecule has 0 saturated carbocycles. The van der Waals surface area contributed by atoms with Gasteiger partial charge in [-0.1, -0.05) is 13.8 Å². The number of nitrogens with zero attached hydrogens (tertiary/aromatic N) is 2. The number of aryl methyl sites for hydroxylation is 1. The van der Waals surface area contributed by atoms with Crippen molar-refractivity contribution in [3.8, 4) is 0 Å². The standard InChI is InChI=1S/C13H22N4O5S/c1-8(2)6-13(3,11(14)19)15-23(21,22)9-7-16(4)12(20)17(5)10(9)18/h7-8,15H,6H2,1-5H3,(H2,14,19). The van der Waals surface area contributed by atoms with Gasteiger partial charge in [-0.05, 0) is 19.3 Å². The normalized spacial score (nSPS) is 14.7. The fourth-order valence-corrected chi connectivity index (χ4v) is 3.87. The van der Waals surface area contributed by atoms with Crippen LogP contribution in [0.1, 0.15) is 27.2 Å². The minimum absolute atomic E-state index is 0.0156. The lowest BCUT2D eigenvalue weighted by Gasteiger charge is -2.28. The number of nitrogens with two attached hydrogens (primary N) is 1. The lowest BCUT2D eigenvalue weighted by atomic mass is 9.91. The second-order valence-electron chi connectivity index (χ2n) is 6.15. The highest BCUT2D eigenvalue weighted by molar-refractivity contribution is 7.89. The van der Waals surface area contributed by atoms with Crippen LogP contribution in [0.5, 0.6) is 0 Å². The van der Waals surface area contributed by atoms with E-state index in [-0.39, 0.29) is 12.3 Å². The molecule has 0 aliphatic carbocycles. The fourth-order valence-electron chi connectivity index (χ4n) is 2.32. The molecule has 1 atom stereocenters. The summed E-state index contributed by atoms with van der Waals surface area (Å²) in [7, 11) is -1.85. The number of carbonyl (C=O) groups is 1. The molecular formula is C13H22N4O5S. The monoisotopic (exact) mass is 346 g/mol. The molecule has 0 bridgehead atoms. The van der Waals surface area contributed by atoms with Crippen LogP contribution in [0, 0.1) is 5.92 Å². The van der Waals surface area contributed by atoms with Gasteiger partial charge in [0.15, 0.2) is 4.90 Å². The van der Waals surface area contributed by atoms with Crippen LogP contribution >= 0.6 is 0 Å². The number of rotatable bonds is 6. The van der Waals surface area contributed by atoms with E-state index in [1.165, 1.54) is 21.0 Å². The summed E-state index contributed by atoms with van der Waals surface area (Å²) in [5.74, 6) is -0.866. The Kier molecular flexibility index (Phi) is 5.22. The molecule has 1 rings (SSSR count). The molecule has 1 amide bonds. The summed E-state index contributed by atoms with van der Waals surface area (Å²) in [4.78, 5) is 34.8. The Hall–Kier alpha value is -1.94. The Labute approximate surface area is 134 Å². The Balaban J connectivity index is 3.46. The van der Waals surface area contributed by atoms with Gasteiger partial charge >= 0.3 is 5.69 Å². The summed E-state index contributed by atoms with van der Waals surface area (Å²) in [5, 5.41) is 0. The van der Waals surface area contributed by atoms with E-state index >= 15 is 0 Å². The number of hydrogen-bond donors (Lipinski definition) is 2. The van der Waals surface area contributed by atoms with Gasteiger partial charge in [-0.2, -0.15) is 4.72 Å². The zero-order valence-corrected chi connectivity index (χ0v) is 14.6. The zero-order chi connectivity index (χ0) is 18.2. The first kappa shape index (κ1) is 19.1. The van der Waals surface area contributed by atoms with Crippen molar-refractivity contribution in [3.05, 3.63) is 27.0 Å². The molecule has 0 saturated heterocycles. The van der Waals surface area contributed by atoms with Crippen LogP contribution in [-0.4, -0.2) is 29.0 Å². The summed E-state index contributed by atoms with van der Waals surface area (Å²) >= 11 is 0. The van der Waals surface area contributed by atoms with Gasteiger partial charge in [0.1, 0.15) is 5.54 Å². The fraction of sp³-hybridized carbons (Fsp3) is 0.615. The molecule has 0 spiro atoms. The molecule has 0 aliphatic heterocycles. The molecule has 130 valence electrons. The van der Waals surface area contributed by atoms with E-state index in [9.17, 15) is 22.8 Å². The van der Waals surface area contributed by atoms with E-state index in [0.717, 1.165) is 10.8 Å². The largest absolute Gasteiger partial charge is 0.368 e. The topological polar surface area (TPSA) is 133 Å². The number of nitrogens with one attached hydrogen (secondary N) is 1. The molecule has 3 N–H and O–H groups in total. The predicted molar refractivity (Wildman–Crippen MR) is 84.3 cm³/mol. The lowest BCUT2D eigenvalue weighted by molar-refractivity contribution is -0.123. The van der Waals surface area contributed by atoms with Gasteiger partial charge < -0.3 is 10.3 Å². The SMILES string of the molecule is CC(C)CC(C)(NS(=O)(=O)c1cn(C)c(=O)n(C)c1=O)C(N)=O. The van der Waals surface area contributed by atoms with E-state index in [4.69, 9.17) is 5.73 Å². The molecule has 0 radical (unpaired) electrons. The van der Waals surface area contributed by atoms with Crippen LogP contribution in [0.4, 0.5) is 0 Å². The lowest BCUT2D eigenvalue weighted by Crippen LogP contribution is -2.56. The Bertz CT molecular complexity index is 837. The smallest absolute Gasteiger partial charge is 0.330 e. The van der Waals surface area contributed by atoms with E-state index in [2.05, 4.69) is 4.72 Å². The minimum Gasteiger partial charge on any atom is -0.368 e. The molecule has 10 heteroatoms.